The number of rotatable bonds is 0. The summed E-state index contributed by atoms with van der Waals surface area (Å²) < 4.78 is 3.59. The summed E-state index contributed by atoms with van der Waals surface area (Å²) in [7, 11) is 0. The quantitative estimate of drug-likeness (QED) is 0.452. The van der Waals surface area contributed by atoms with Crippen LogP contribution in [0.2, 0.25) is 0 Å². The first-order chi connectivity index (χ1) is 8.34. The number of hydrogen-bond acceptors (Lipinski definition) is 2. The Morgan fingerprint density at radius 2 is 1.82 bits per heavy atom. The summed E-state index contributed by atoms with van der Waals surface area (Å²) in [5.41, 5.74) is 4.85. The molecule has 0 amide bonds. The fourth-order valence-corrected chi connectivity index (χ4v) is 3.45. The Labute approximate surface area is 102 Å². The Bertz CT molecular complexity index is 854. The summed E-state index contributed by atoms with van der Waals surface area (Å²) in [6.45, 7) is 2.15. The second-order valence-corrected chi connectivity index (χ2v) is 5.22. The highest BCUT2D eigenvalue weighted by Crippen LogP contribution is 2.31. The number of benzene rings is 2. The van der Waals surface area contributed by atoms with E-state index >= 15 is 0 Å². The van der Waals surface area contributed by atoms with Crippen LogP contribution in [0.15, 0.2) is 42.5 Å². The van der Waals surface area contributed by atoms with E-state index < -0.39 is 0 Å². The molecule has 0 aliphatic carbocycles. The first kappa shape index (κ1) is 9.19. The first-order valence-corrected chi connectivity index (χ1v) is 6.41. The number of thiazole rings is 1. The molecule has 2 aromatic carbocycles. The van der Waals surface area contributed by atoms with Crippen molar-refractivity contribution in [3.63, 3.8) is 0 Å². The molecule has 4 aromatic rings. The topological polar surface area (TPSA) is 17.3 Å². The summed E-state index contributed by atoms with van der Waals surface area (Å²) in [6.07, 6.45) is 0. The number of para-hydroxylation sites is 2. The molecule has 0 saturated heterocycles. The zero-order valence-corrected chi connectivity index (χ0v) is 10.2. The number of hydrogen-bond donors (Lipinski definition) is 0. The second-order valence-electron chi connectivity index (χ2n) is 4.24. The Balaban J connectivity index is 2.36. The predicted octanol–water partition coefficient (Wildman–Crippen LogP) is 4.01. The Morgan fingerprint density at radius 1 is 1.00 bits per heavy atom. The lowest BCUT2D eigenvalue weighted by molar-refractivity contribution is 1.34. The molecule has 4 rings (SSSR count). The molecule has 0 saturated carbocycles. The highest BCUT2D eigenvalue weighted by atomic mass is 32.1. The number of aryl methyl sites for hydroxylation is 1. The summed E-state index contributed by atoms with van der Waals surface area (Å²) in [6, 6.07) is 14.7. The standard InChI is InChI=1S/C14H10N2S/c1-9-5-4-8-12-13(9)17-14-15-10-6-2-3-7-11(10)16(12)14/h2-8H,1H3. The van der Waals surface area contributed by atoms with Gasteiger partial charge in [-0.1, -0.05) is 35.6 Å². The minimum atomic E-state index is 1.07. The van der Waals surface area contributed by atoms with Gasteiger partial charge in [-0.2, -0.15) is 0 Å². The van der Waals surface area contributed by atoms with Crippen molar-refractivity contribution >= 4 is 37.5 Å². The average molecular weight is 238 g/mol. The van der Waals surface area contributed by atoms with E-state index in [1.54, 1.807) is 11.3 Å². The van der Waals surface area contributed by atoms with Gasteiger partial charge < -0.3 is 0 Å². The fourth-order valence-electron chi connectivity index (χ4n) is 2.34. The van der Waals surface area contributed by atoms with Crippen molar-refractivity contribution in [1.82, 2.24) is 9.38 Å². The smallest absolute Gasteiger partial charge is 0.195 e. The molecule has 0 unspecified atom stereocenters. The molecule has 0 aliphatic heterocycles. The van der Waals surface area contributed by atoms with Gasteiger partial charge in [0, 0.05) is 0 Å². The molecular weight excluding hydrogens is 228 g/mol. The van der Waals surface area contributed by atoms with Crippen molar-refractivity contribution < 1.29 is 0 Å². The van der Waals surface area contributed by atoms with Crippen LogP contribution in [0.5, 0.6) is 0 Å². The third-order valence-corrected chi connectivity index (χ3v) is 4.35. The van der Waals surface area contributed by atoms with Gasteiger partial charge in [-0.3, -0.25) is 4.40 Å². The molecule has 0 bridgehead atoms. The summed E-state index contributed by atoms with van der Waals surface area (Å²) >= 11 is 1.77. The van der Waals surface area contributed by atoms with E-state index in [1.165, 1.54) is 21.3 Å². The Kier molecular flexibility index (Phi) is 1.66. The Morgan fingerprint density at radius 3 is 2.76 bits per heavy atom. The molecule has 0 atom stereocenters. The van der Waals surface area contributed by atoms with Gasteiger partial charge in [0.2, 0.25) is 0 Å². The maximum atomic E-state index is 4.68. The zero-order chi connectivity index (χ0) is 11.4. The molecule has 0 radical (unpaired) electrons. The minimum absolute atomic E-state index is 1.07. The molecule has 0 spiro atoms. The molecule has 82 valence electrons. The third-order valence-electron chi connectivity index (χ3n) is 3.16. The first-order valence-electron chi connectivity index (χ1n) is 5.60. The third kappa shape index (κ3) is 1.12. The predicted molar refractivity (Wildman–Crippen MR) is 72.8 cm³/mol. The van der Waals surface area contributed by atoms with Gasteiger partial charge in [0.15, 0.2) is 4.96 Å². The SMILES string of the molecule is Cc1cccc2c1sc1nc3ccccc3n12. The van der Waals surface area contributed by atoms with Crippen LogP contribution < -0.4 is 0 Å². The Hall–Kier alpha value is -1.87. The highest BCUT2D eigenvalue weighted by molar-refractivity contribution is 7.23. The van der Waals surface area contributed by atoms with Gasteiger partial charge in [-0.05, 0) is 30.7 Å². The lowest BCUT2D eigenvalue weighted by Crippen LogP contribution is -1.80. The van der Waals surface area contributed by atoms with Crippen LogP contribution in [0.25, 0.3) is 26.2 Å². The van der Waals surface area contributed by atoms with E-state index in [-0.39, 0.29) is 0 Å². The van der Waals surface area contributed by atoms with Crippen molar-refractivity contribution in [3.05, 3.63) is 48.0 Å². The maximum Gasteiger partial charge on any atom is 0.195 e. The number of fused-ring (bicyclic) bond motifs is 5. The van der Waals surface area contributed by atoms with Crippen molar-refractivity contribution in [1.29, 1.82) is 0 Å². The largest absolute Gasteiger partial charge is 0.283 e. The molecular formula is C14H10N2S. The van der Waals surface area contributed by atoms with Crippen LogP contribution in [0.3, 0.4) is 0 Å². The zero-order valence-electron chi connectivity index (χ0n) is 9.34. The van der Waals surface area contributed by atoms with Crippen LogP contribution in [-0.2, 0) is 0 Å². The molecule has 0 fully saturated rings. The van der Waals surface area contributed by atoms with E-state index in [4.69, 9.17) is 0 Å². The van der Waals surface area contributed by atoms with Gasteiger partial charge in [0.25, 0.3) is 0 Å². The van der Waals surface area contributed by atoms with E-state index in [0.717, 1.165) is 10.5 Å². The van der Waals surface area contributed by atoms with Crippen LogP contribution in [0.1, 0.15) is 5.56 Å². The van der Waals surface area contributed by atoms with Gasteiger partial charge in [0.05, 0.1) is 21.3 Å². The monoisotopic (exact) mass is 238 g/mol. The maximum absolute atomic E-state index is 4.68. The molecule has 2 nitrogen and oxygen atoms in total. The molecule has 0 N–H and O–H groups in total. The van der Waals surface area contributed by atoms with Crippen LogP contribution in [0.4, 0.5) is 0 Å². The van der Waals surface area contributed by atoms with E-state index in [0.29, 0.717) is 0 Å². The van der Waals surface area contributed by atoms with Crippen molar-refractivity contribution in [2.45, 2.75) is 6.92 Å². The number of imidazole rings is 1. The minimum Gasteiger partial charge on any atom is -0.283 e. The molecule has 17 heavy (non-hydrogen) atoms. The second kappa shape index (κ2) is 3.08. The molecule has 2 aromatic heterocycles. The molecule has 2 heterocycles. The number of nitrogens with zero attached hydrogens (tertiary/aromatic N) is 2. The van der Waals surface area contributed by atoms with E-state index in [9.17, 15) is 0 Å². The lowest BCUT2D eigenvalue weighted by atomic mass is 10.2. The molecule has 3 heteroatoms. The van der Waals surface area contributed by atoms with Crippen molar-refractivity contribution in [3.8, 4) is 0 Å². The fraction of sp³-hybridized carbons (Fsp3) is 0.0714. The summed E-state index contributed by atoms with van der Waals surface area (Å²) in [5.74, 6) is 0. The van der Waals surface area contributed by atoms with Gasteiger partial charge in [-0.25, -0.2) is 4.98 Å². The van der Waals surface area contributed by atoms with Gasteiger partial charge in [0.1, 0.15) is 0 Å². The average Bonchev–Trinajstić information content (AvgIpc) is 2.85. The normalized spacial score (nSPS) is 11.8. The number of aromatic nitrogens is 2. The van der Waals surface area contributed by atoms with Crippen molar-refractivity contribution in [2.75, 3.05) is 0 Å². The summed E-state index contributed by atoms with van der Waals surface area (Å²) in [4.78, 5) is 5.75. The van der Waals surface area contributed by atoms with Crippen LogP contribution in [-0.4, -0.2) is 9.38 Å². The van der Waals surface area contributed by atoms with Crippen LogP contribution >= 0.6 is 11.3 Å². The van der Waals surface area contributed by atoms with Gasteiger partial charge >= 0.3 is 0 Å². The summed E-state index contributed by atoms with van der Waals surface area (Å²) in [5, 5.41) is 0. The van der Waals surface area contributed by atoms with Gasteiger partial charge in [-0.15, -0.1) is 0 Å². The van der Waals surface area contributed by atoms with Crippen LogP contribution in [0, 0.1) is 6.92 Å². The highest BCUT2D eigenvalue weighted by Gasteiger charge is 2.11. The molecule has 0 aliphatic rings. The van der Waals surface area contributed by atoms with E-state index in [2.05, 4.69) is 52.7 Å². The van der Waals surface area contributed by atoms with E-state index in [1.807, 2.05) is 6.07 Å². The lowest BCUT2D eigenvalue weighted by Gasteiger charge is -1.96. The van der Waals surface area contributed by atoms with Crippen molar-refractivity contribution in [2.24, 2.45) is 0 Å².